The Kier molecular flexibility index (Phi) is 16.0. The number of phenolic OH excluding ortho intramolecular Hbond substituents is 1. The Bertz CT molecular complexity index is 2360. The Balaban J connectivity index is 1.20. The molecule has 4 aliphatic rings. The van der Waals surface area contributed by atoms with Crippen LogP contribution in [0, 0.1) is 17.8 Å². The lowest BCUT2D eigenvalue weighted by atomic mass is 9.73. The summed E-state index contributed by atoms with van der Waals surface area (Å²) in [5, 5.41) is 62.7. The molecule has 0 saturated carbocycles. The molecule has 66 heavy (non-hydrogen) atoms. The second kappa shape index (κ2) is 21.6. The smallest absolute Gasteiger partial charge is 0.335 e. The fourth-order valence-electron chi connectivity index (χ4n) is 9.01. The second-order valence-corrected chi connectivity index (χ2v) is 19.2. The lowest BCUT2D eigenvalue weighted by Gasteiger charge is -2.53. The number of nitrogens with one attached hydrogen (secondary N) is 2. The number of β-amino-alcohol motifs (C(OH)–C–C–N with tert-alkyl or cyclic N) is 1. The summed E-state index contributed by atoms with van der Waals surface area (Å²) in [6, 6.07) is 18.2. The van der Waals surface area contributed by atoms with Gasteiger partial charge in [-0.3, -0.25) is 14.6 Å². The largest absolute Gasteiger partial charge is 0.508 e. The highest BCUT2D eigenvalue weighted by Gasteiger charge is 2.69. The molecule has 9 unspecified atom stereocenters. The van der Waals surface area contributed by atoms with Gasteiger partial charge in [-0.1, -0.05) is 83.1 Å². The van der Waals surface area contributed by atoms with Crippen LogP contribution < -0.4 is 25.8 Å². The van der Waals surface area contributed by atoms with Crippen molar-refractivity contribution in [2.75, 3.05) is 44.9 Å². The van der Waals surface area contributed by atoms with Crippen LogP contribution in [0.25, 0.3) is 17.4 Å². The number of amides is 1. The quantitative estimate of drug-likeness (QED) is 0.0598. The predicted octanol–water partition coefficient (Wildman–Crippen LogP) is 4.38. The number of nitrogens with two attached hydrogens (primary N) is 1. The van der Waals surface area contributed by atoms with Crippen molar-refractivity contribution in [1.29, 1.82) is 0 Å². The van der Waals surface area contributed by atoms with E-state index in [1.54, 1.807) is 0 Å². The van der Waals surface area contributed by atoms with Gasteiger partial charge in [0.25, 0.3) is 5.91 Å². The number of allylic oxidation sites excluding steroid dienone is 2. The van der Waals surface area contributed by atoms with Crippen LogP contribution in [0.3, 0.4) is 0 Å². The van der Waals surface area contributed by atoms with E-state index in [4.69, 9.17) is 24.7 Å². The highest BCUT2D eigenvalue weighted by Crippen LogP contribution is 2.46. The minimum atomic E-state index is -2.59. The number of carbonyl (C=O) groups is 3. The molecule has 16 nitrogen and oxygen atoms in total. The van der Waals surface area contributed by atoms with Gasteiger partial charge in [0.1, 0.15) is 35.1 Å². The van der Waals surface area contributed by atoms with Gasteiger partial charge in [-0.15, -0.1) is 0 Å². The first-order chi connectivity index (χ1) is 31.8. The summed E-state index contributed by atoms with van der Waals surface area (Å²) in [7, 11) is 4.68. The Morgan fingerprint density at radius 2 is 1.91 bits per heavy atom. The average Bonchev–Trinajstić information content (AvgIpc) is 3.84. The number of ether oxygens (including phenoxy) is 4. The van der Waals surface area contributed by atoms with Crippen LogP contribution in [0.2, 0.25) is 0 Å². The molecule has 7 rings (SSSR count). The van der Waals surface area contributed by atoms with E-state index in [1.165, 1.54) is 69.6 Å². The molecular weight excluding hydrogens is 889 g/mol. The zero-order valence-corrected chi connectivity index (χ0v) is 38.2. The summed E-state index contributed by atoms with van der Waals surface area (Å²) < 4.78 is 24.2. The molecule has 3 aromatic rings. The lowest BCUT2D eigenvalue weighted by molar-refractivity contribution is -0.340. The summed E-state index contributed by atoms with van der Waals surface area (Å²) in [6.07, 6.45) is 3.50. The van der Waals surface area contributed by atoms with Crippen molar-refractivity contribution in [1.82, 2.24) is 10.6 Å². The summed E-state index contributed by atoms with van der Waals surface area (Å²) >= 11 is 0. The molecule has 0 aliphatic carbocycles. The molecule has 9 atom stereocenters. The first kappa shape index (κ1) is 48.7. The number of aliphatic hydroxyl groups excluding tert-OH is 2. The molecule has 1 amide bonds. The van der Waals surface area contributed by atoms with Crippen molar-refractivity contribution in [3.05, 3.63) is 107 Å². The van der Waals surface area contributed by atoms with Crippen molar-refractivity contribution in [2.45, 2.75) is 62.0 Å². The summed E-state index contributed by atoms with van der Waals surface area (Å²) in [5.41, 5.74) is 4.62. The third-order valence-corrected chi connectivity index (χ3v) is 14.7. The van der Waals surface area contributed by atoms with E-state index >= 15 is 0 Å². The van der Waals surface area contributed by atoms with Crippen LogP contribution in [-0.2, 0) is 30.3 Å². The third-order valence-electron chi connectivity index (χ3n) is 12.7. The maximum absolute atomic E-state index is 13.4. The molecule has 3 aromatic carbocycles. The number of aliphatic imine (C=N–C) groups is 1. The highest BCUT2D eigenvalue weighted by molar-refractivity contribution is 8.76. The molecule has 2 fully saturated rings. The number of aromatic hydroxyl groups is 1. The lowest BCUT2D eigenvalue weighted by Crippen LogP contribution is -2.80. The molecule has 0 aromatic heterocycles. The summed E-state index contributed by atoms with van der Waals surface area (Å²) in [5.74, 6) is -2.66. The fraction of sp³-hybridized carbons (Fsp3) is 0.417. The van der Waals surface area contributed by atoms with Crippen molar-refractivity contribution in [3.63, 3.8) is 0 Å². The number of carboxylic acids is 1. The number of carbonyl (C=O) groups excluding carboxylic acids is 2. The van der Waals surface area contributed by atoms with Crippen LogP contribution in [0.4, 0.5) is 0 Å². The minimum Gasteiger partial charge on any atom is -0.508 e. The number of nitrogens with zero attached hydrogens (tertiary/aromatic N) is 1. The van der Waals surface area contributed by atoms with Gasteiger partial charge >= 0.3 is 5.97 Å². The van der Waals surface area contributed by atoms with E-state index < -0.39 is 54.2 Å². The van der Waals surface area contributed by atoms with Gasteiger partial charge in [0.2, 0.25) is 12.4 Å². The molecule has 4 aliphatic heterocycles. The van der Waals surface area contributed by atoms with Crippen LogP contribution in [-0.4, -0.2) is 131 Å². The highest BCUT2D eigenvalue weighted by atomic mass is 33.1. The maximum atomic E-state index is 13.4. The van der Waals surface area contributed by atoms with Crippen LogP contribution in [0.1, 0.15) is 42.0 Å². The molecule has 352 valence electrons. The number of carboxylic acid groups (broad SMARTS) is 1. The Hall–Kier alpha value is -5.18. The molecule has 2 saturated heterocycles. The molecule has 4 heterocycles. The third kappa shape index (κ3) is 10.2. The van der Waals surface area contributed by atoms with E-state index in [1.807, 2.05) is 19.3 Å². The molecule has 18 heteroatoms. The van der Waals surface area contributed by atoms with Gasteiger partial charge in [0.15, 0.2) is 23.6 Å². The van der Waals surface area contributed by atoms with Crippen molar-refractivity contribution in [3.8, 4) is 17.2 Å². The zero-order chi connectivity index (χ0) is 47.0. The monoisotopic (exact) mass is 944 g/mol. The minimum absolute atomic E-state index is 0.0137. The number of hydrogen-bond donors (Lipinski definition) is 8. The molecule has 0 radical (unpaired) electrons. The fourth-order valence-corrected chi connectivity index (χ4v) is 11.1. The first-order valence-corrected chi connectivity index (χ1v) is 24.2. The van der Waals surface area contributed by atoms with Crippen molar-refractivity contribution in [2.24, 2.45) is 28.5 Å². The second-order valence-electron chi connectivity index (χ2n) is 16.8. The average molecular weight is 945 g/mol. The first-order valence-electron chi connectivity index (χ1n) is 21.7. The van der Waals surface area contributed by atoms with Gasteiger partial charge < -0.3 is 60.8 Å². The summed E-state index contributed by atoms with van der Waals surface area (Å²) in [4.78, 5) is 43.3. The number of fused-ring (bicyclic) bond motifs is 2. The van der Waals surface area contributed by atoms with Gasteiger partial charge in [0, 0.05) is 24.6 Å². The number of primary amides is 1. The van der Waals surface area contributed by atoms with Gasteiger partial charge in [0.05, 0.1) is 17.7 Å². The number of aliphatic carboxylic acids is 1. The van der Waals surface area contributed by atoms with E-state index in [9.17, 15) is 39.9 Å². The van der Waals surface area contributed by atoms with E-state index in [0.717, 1.165) is 30.5 Å². The number of hydrogen-bond acceptors (Lipinski definition) is 16. The molecular formula is C48H56N4O12S2. The molecule has 0 spiro atoms. The van der Waals surface area contributed by atoms with Crippen LogP contribution in [0.15, 0.2) is 89.4 Å². The SMILES string of the molecule is CNCCCc1ccccc1C=CCC(C)C1CNCC2(O)C(Oc3ccc4c(c3)OC(C(N)=O)C(c3ccc(O)cc3)=C4O)OC(C(=O)O)C(O)C2(C=O)OCSSCC1C1=CCN=C1. The molecule has 0 bridgehead atoms. The Morgan fingerprint density at radius 1 is 1.12 bits per heavy atom. The number of rotatable bonds is 15. The van der Waals surface area contributed by atoms with E-state index in [0.29, 0.717) is 30.8 Å². The van der Waals surface area contributed by atoms with Crippen molar-refractivity contribution >= 4 is 63.4 Å². The van der Waals surface area contributed by atoms with Gasteiger partial charge in [-0.25, -0.2) is 4.79 Å². The number of phenols is 1. The zero-order valence-electron chi connectivity index (χ0n) is 36.6. The maximum Gasteiger partial charge on any atom is 0.335 e. The van der Waals surface area contributed by atoms with E-state index in [-0.39, 0.29) is 64.1 Å². The topological polar surface area (TPSA) is 252 Å². The number of benzene rings is 3. The number of aryl methyl sites for hydroxylation is 1. The van der Waals surface area contributed by atoms with Gasteiger partial charge in [-0.05, 0) is 104 Å². The standard InChI is InChI=1S/C48H56N4O12S2/c1-28(7-5-10-29-8-3-4-9-30(29)11-6-19-50-2)36-23-52-25-47(60)46(64-42(45(58)59)43(56)48(47,26-53)61-27-66-65-24-37(36)32-18-20-51-22-32)62-34-16-17-35-38(21-34)63-41(44(49)57)39(40(35)55)31-12-14-33(54)15-13-31/h3-5,8-10,12-18,21-22,26,28,36-37,41-43,46,50,52,54-56,60H,6-7,11,19-20,23-25,27H2,1-2H3,(H2,49,57)(H,58,59). The summed E-state index contributed by atoms with van der Waals surface area (Å²) in [6.45, 7) is 3.49. The van der Waals surface area contributed by atoms with E-state index in [2.05, 4.69) is 59.0 Å². The van der Waals surface area contributed by atoms with Gasteiger partial charge in [-0.2, -0.15) is 0 Å². The van der Waals surface area contributed by atoms with Crippen molar-refractivity contribution < 1.29 is 58.9 Å². The number of aldehydes is 1. The Morgan fingerprint density at radius 3 is 2.62 bits per heavy atom. The molecule has 9 N–H and O–H groups in total. The number of aliphatic hydroxyl groups is 3. The van der Waals surface area contributed by atoms with Crippen LogP contribution in [0.5, 0.6) is 17.2 Å². The Labute approximate surface area is 390 Å². The predicted molar refractivity (Wildman–Crippen MR) is 253 cm³/mol. The van der Waals surface area contributed by atoms with Crippen LogP contribution >= 0.6 is 21.6 Å². The normalized spacial score (nSPS) is 28.5.